The van der Waals surface area contributed by atoms with Crippen LogP contribution in [0.15, 0.2) is 29.1 Å². The number of benzene rings is 1. The summed E-state index contributed by atoms with van der Waals surface area (Å²) in [6.07, 6.45) is 0. The molecule has 0 radical (unpaired) electrons. The molecule has 0 fully saturated rings. The number of carbonyl (C=O) groups excluding carboxylic acids is 2. The molecular formula is C16H16N4O5. The van der Waals surface area contributed by atoms with Crippen molar-refractivity contribution >= 4 is 17.6 Å². The molecule has 0 unspecified atom stereocenters. The molecule has 0 spiro atoms. The molecule has 1 aliphatic rings. The van der Waals surface area contributed by atoms with Crippen molar-refractivity contribution < 1.29 is 19.1 Å². The lowest BCUT2D eigenvalue weighted by Crippen LogP contribution is -2.44. The Kier molecular flexibility index (Phi) is 4.22. The summed E-state index contributed by atoms with van der Waals surface area (Å²) in [6.45, 7) is 1.48. The van der Waals surface area contributed by atoms with Gasteiger partial charge in [-0.15, -0.1) is 0 Å². The minimum atomic E-state index is -1.19. The molecule has 1 N–H and O–H groups in total. The lowest BCUT2D eigenvalue weighted by molar-refractivity contribution is -0.152. The first-order chi connectivity index (χ1) is 12.0. The topological polar surface area (TPSA) is 112 Å². The number of fused-ring (bicyclic) bond motifs is 3. The van der Waals surface area contributed by atoms with Gasteiger partial charge in [0.15, 0.2) is 17.9 Å². The van der Waals surface area contributed by atoms with Crippen molar-refractivity contribution in [3.05, 3.63) is 40.3 Å². The van der Waals surface area contributed by atoms with Gasteiger partial charge in [-0.05, 0) is 19.1 Å². The molecular weight excluding hydrogens is 328 g/mol. The van der Waals surface area contributed by atoms with Crippen LogP contribution in [0.1, 0.15) is 11.7 Å². The van der Waals surface area contributed by atoms with Gasteiger partial charge in [0.05, 0.1) is 14.2 Å². The van der Waals surface area contributed by atoms with Crippen LogP contribution in [0.3, 0.4) is 0 Å². The fourth-order valence-corrected chi connectivity index (χ4v) is 2.72. The first-order valence-corrected chi connectivity index (χ1v) is 7.47. The zero-order valence-electron chi connectivity index (χ0n) is 13.8. The summed E-state index contributed by atoms with van der Waals surface area (Å²) < 4.78 is 10.9. The molecule has 9 nitrogen and oxygen atoms in total. The highest BCUT2D eigenvalue weighted by molar-refractivity contribution is 5.91. The van der Waals surface area contributed by atoms with Crippen LogP contribution in [0, 0.1) is 6.92 Å². The third-order valence-corrected chi connectivity index (χ3v) is 3.95. The van der Waals surface area contributed by atoms with Gasteiger partial charge >= 0.3 is 11.9 Å². The molecule has 1 aromatic carbocycles. The largest absolute Gasteiger partial charge is 0.467 e. The third kappa shape index (κ3) is 2.73. The summed E-state index contributed by atoms with van der Waals surface area (Å²) in [6, 6.07) is 4.64. The summed E-state index contributed by atoms with van der Waals surface area (Å²) in [7, 11) is 2.43. The van der Waals surface area contributed by atoms with Crippen LogP contribution in [-0.2, 0) is 19.1 Å². The number of methoxy groups -OCH3 is 2. The predicted molar refractivity (Wildman–Crippen MR) is 86.9 cm³/mol. The summed E-state index contributed by atoms with van der Waals surface area (Å²) in [5.74, 6) is -1.22. The number of aromatic nitrogens is 3. The van der Waals surface area contributed by atoms with Crippen LogP contribution in [0.2, 0.25) is 0 Å². The number of para-hydroxylation sites is 1. The van der Waals surface area contributed by atoms with Gasteiger partial charge in [0, 0.05) is 11.3 Å². The SMILES string of the molecule is COC(=O)[C@@H]1[C@H](C(=O)OC)Nc2ccccc2-c2nc(=O)c(C)nn21. The van der Waals surface area contributed by atoms with Gasteiger partial charge in [-0.2, -0.15) is 10.1 Å². The Bertz CT molecular complexity index is 908. The smallest absolute Gasteiger partial charge is 0.333 e. The second-order valence-corrected chi connectivity index (χ2v) is 5.43. The molecule has 130 valence electrons. The number of esters is 2. The fourth-order valence-electron chi connectivity index (χ4n) is 2.72. The number of carbonyl (C=O) groups is 2. The summed E-state index contributed by atoms with van der Waals surface area (Å²) in [5, 5.41) is 7.17. The van der Waals surface area contributed by atoms with Crippen LogP contribution in [0.4, 0.5) is 5.69 Å². The average molecular weight is 344 g/mol. The summed E-state index contributed by atoms with van der Waals surface area (Å²) in [4.78, 5) is 40.8. The molecule has 0 saturated carbocycles. The highest BCUT2D eigenvalue weighted by atomic mass is 16.5. The summed E-state index contributed by atoms with van der Waals surface area (Å²) in [5.41, 5.74) is 0.643. The maximum absolute atomic E-state index is 12.4. The molecule has 0 bridgehead atoms. The predicted octanol–water partition coefficient (Wildman–Crippen LogP) is 0.295. The maximum Gasteiger partial charge on any atom is 0.333 e. The number of rotatable bonds is 2. The zero-order chi connectivity index (χ0) is 18.1. The second kappa shape index (κ2) is 6.34. The number of aryl methyl sites for hydroxylation is 1. The van der Waals surface area contributed by atoms with E-state index in [1.54, 1.807) is 24.3 Å². The number of nitrogens with one attached hydrogen (secondary N) is 1. The second-order valence-electron chi connectivity index (χ2n) is 5.43. The molecule has 1 aliphatic heterocycles. The number of nitrogens with zero attached hydrogens (tertiary/aromatic N) is 3. The zero-order valence-corrected chi connectivity index (χ0v) is 13.8. The van der Waals surface area contributed by atoms with E-state index in [1.807, 2.05) is 0 Å². The van der Waals surface area contributed by atoms with Gasteiger partial charge in [-0.3, -0.25) is 4.79 Å². The molecule has 0 saturated heterocycles. The first-order valence-electron chi connectivity index (χ1n) is 7.47. The van der Waals surface area contributed by atoms with E-state index in [9.17, 15) is 14.4 Å². The molecule has 2 atom stereocenters. The highest BCUT2D eigenvalue weighted by Gasteiger charge is 2.42. The number of anilines is 1. The number of hydrogen-bond donors (Lipinski definition) is 1. The van der Waals surface area contributed by atoms with Gasteiger partial charge in [-0.1, -0.05) is 12.1 Å². The maximum atomic E-state index is 12.4. The molecule has 1 aromatic heterocycles. The first kappa shape index (κ1) is 16.6. The number of hydrogen-bond acceptors (Lipinski definition) is 8. The molecule has 25 heavy (non-hydrogen) atoms. The van der Waals surface area contributed by atoms with Gasteiger partial charge in [0.25, 0.3) is 5.56 Å². The van der Waals surface area contributed by atoms with Crippen molar-refractivity contribution in [3.63, 3.8) is 0 Å². The molecule has 2 aromatic rings. The van der Waals surface area contributed by atoms with E-state index in [2.05, 4.69) is 15.4 Å². The van der Waals surface area contributed by atoms with Crippen LogP contribution in [0.25, 0.3) is 11.4 Å². The number of ether oxygens (including phenoxy) is 2. The van der Waals surface area contributed by atoms with Crippen molar-refractivity contribution in [2.24, 2.45) is 0 Å². The van der Waals surface area contributed by atoms with Crippen molar-refractivity contribution in [3.8, 4) is 11.4 Å². The van der Waals surface area contributed by atoms with Crippen LogP contribution in [0.5, 0.6) is 0 Å². The molecule has 0 amide bonds. The van der Waals surface area contributed by atoms with Crippen molar-refractivity contribution in [1.82, 2.24) is 14.8 Å². The van der Waals surface area contributed by atoms with Crippen LogP contribution < -0.4 is 10.9 Å². The van der Waals surface area contributed by atoms with Crippen molar-refractivity contribution in [2.75, 3.05) is 19.5 Å². The lowest BCUT2D eigenvalue weighted by atomic mass is 10.1. The van der Waals surface area contributed by atoms with E-state index in [4.69, 9.17) is 9.47 Å². The molecule has 2 heterocycles. The normalized spacial score (nSPS) is 18.2. The Morgan fingerprint density at radius 1 is 1.16 bits per heavy atom. The Labute approximate surface area is 142 Å². The third-order valence-electron chi connectivity index (χ3n) is 3.95. The molecule has 0 aliphatic carbocycles. The molecule has 3 rings (SSSR count). The van der Waals surface area contributed by atoms with Crippen LogP contribution in [-0.4, -0.2) is 47.0 Å². The van der Waals surface area contributed by atoms with Gasteiger partial charge in [0.1, 0.15) is 5.69 Å². The van der Waals surface area contributed by atoms with Crippen molar-refractivity contribution in [2.45, 2.75) is 19.0 Å². The van der Waals surface area contributed by atoms with E-state index < -0.39 is 29.6 Å². The fraction of sp³-hybridized carbons (Fsp3) is 0.312. The van der Waals surface area contributed by atoms with E-state index in [0.29, 0.717) is 11.3 Å². The quantitative estimate of drug-likeness (QED) is 0.774. The standard InChI is InChI=1S/C16H16N4O5/c1-8-14(21)18-13-9-6-4-5-7-10(9)17-11(15(22)24-2)12(16(23)25-3)20(13)19-8/h4-7,11-12,17H,1-3H3/t11-,12+/m1/s1. The van der Waals surface area contributed by atoms with Crippen LogP contribution >= 0.6 is 0 Å². The van der Waals surface area contributed by atoms with E-state index in [0.717, 1.165) is 0 Å². The lowest BCUT2D eigenvalue weighted by Gasteiger charge is -2.24. The highest BCUT2D eigenvalue weighted by Crippen LogP contribution is 2.33. The van der Waals surface area contributed by atoms with E-state index in [-0.39, 0.29) is 11.5 Å². The minimum Gasteiger partial charge on any atom is -0.467 e. The Morgan fingerprint density at radius 3 is 2.52 bits per heavy atom. The van der Waals surface area contributed by atoms with E-state index in [1.165, 1.54) is 25.8 Å². The average Bonchev–Trinajstić information content (AvgIpc) is 2.76. The molecule has 9 heteroatoms. The monoisotopic (exact) mass is 344 g/mol. The summed E-state index contributed by atoms with van der Waals surface area (Å²) >= 11 is 0. The Balaban J connectivity index is 2.35. The minimum absolute atomic E-state index is 0.0978. The van der Waals surface area contributed by atoms with E-state index >= 15 is 0 Å². The van der Waals surface area contributed by atoms with Gasteiger partial charge in [0.2, 0.25) is 0 Å². The Hall–Kier alpha value is -3.23. The van der Waals surface area contributed by atoms with Crippen molar-refractivity contribution in [1.29, 1.82) is 0 Å². The van der Waals surface area contributed by atoms with Gasteiger partial charge in [-0.25, -0.2) is 14.3 Å². The Morgan fingerprint density at radius 2 is 1.84 bits per heavy atom. The van der Waals surface area contributed by atoms with Gasteiger partial charge < -0.3 is 14.8 Å².